The third-order valence-electron chi connectivity index (χ3n) is 5.61. The van der Waals surface area contributed by atoms with Gasteiger partial charge in [-0.05, 0) is 36.4 Å². The summed E-state index contributed by atoms with van der Waals surface area (Å²) in [7, 11) is 0. The molecule has 0 radical (unpaired) electrons. The second kappa shape index (κ2) is 7.43. The number of hydrogen-bond donors (Lipinski definition) is 2. The molecule has 0 saturated carbocycles. The van der Waals surface area contributed by atoms with Gasteiger partial charge in [-0.3, -0.25) is 4.79 Å². The number of halogens is 2. The predicted octanol–water partition coefficient (Wildman–Crippen LogP) is 6.17. The lowest BCUT2D eigenvalue weighted by molar-refractivity contribution is 0.112. The van der Waals surface area contributed by atoms with E-state index >= 15 is 0 Å². The monoisotopic (exact) mass is 455 g/mol. The van der Waals surface area contributed by atoms with Crippen molar-refractivity contribution in [3.05, 3.63) is 89.3 Å². The average Bonchev–Trinajstić information content (AvgIpc) is 3.54. The summed E-state index contributed by atoms with van der Waals surface area (Å²) in [4.78, 5) is 23.2. The molecule has 0 aliphatic rings. The number of rotatable bonds is 4. The van der Waals surface area contributed by atoms with E-state index in [0.29, 0.717) is 28.5 Å². The molecule has 0 atom stereocenters. The number of hydrogen-bond acceptors (Lipinski definition) is 3. The van der Waals surface area contributed by atoms with Crippen LogP contribution >= 0.6 is 11.6 Å². The molecule has 0 fully saturated rings. The number of fused-ring (bicyclic) bond motifs is 2. The first kappa shape index (κ1) is 19.5. The Labute approximate surface area is 191 Å². The fraction of sp³-hybridized carbons (Fsp3) is 0. The molecule has 0 amide bonds. The largest absolute Gasteiger partial charge is 0.354 e. The van der Waals surface area contributed by atoms with E-state index in [-0.39, 0.29) is 5.02 Å². The van der Waals surface area contributed by atoms with Crippen molar-refractivity contribution < 1.29 is 9.18 Å². The highest BCUT2D eigenvalue weighted by molar-refractivity contribution is 6.31. The zero-order chi connectivity index (χ0) is 22.5. The Morgan fingerprint density at radius 3 is 2.55 bits per heavy atom. The average molecular weight is 456 g/mol. The number of H-pyrrole nitrogens is 2. The van der Waals surface area contributed by atoms with Crippen LogP contribution in [-0.4, -0.2) is 31.0 Å². The van der Waals surface area contributed by atoms with E-state index < -0.39 is 5.82 Å². The Morgan fingerprint density at radius 1 is 0.970 bits per heavy atom. The maximum absolute atomic E-state index is 13.8. The topological polar surface area (TPSA) is 79.4 Å². The van der Waals surface area contributed by atoms with Crippen LogP contribution < -0.4 is 0 Å². The van der Waals surface area contributed by atoms with Gasteiger partial charge in [0, 0.05) is 28.2 Å². The van der Waals surface area contributed by atoms with Crippen LogP contribution in [0.1, 0.15) is 10.4 Å². The molecule has 0 unspecified atom stereocenters. The smallest absolute Gasteiger partial charge is 0.229 e. The summed E-state index contributed by atoms with van der Waals surface area (Å²) in [5.41, 5.74) is 5.51. The molecule has 3 heterocycles. The number of aromatic amines is 2. The lowest BCUT2D eigenvalue weighted by Crippen LogP contribution is -1.97. The Hall–Kier alpha value is -4.23. The molecule has 8 heteroatoms. The van der Waals surface area contributed by atoms with Gasteiger partial charge in [-0.2, -0.15) is 5.10 Å². The number of para-hydroxylation sites is 3. The molecule has 3 aromatic heterocycles. The van der Waals surface area contributed by atoms with Gasteiger partial charge >= 0.3 is 0 Å². The highest BCUT2D eigenvalue weighted by Gasteiger charge is 2.22. The summed E-state index contributed by atoms with van der Waals surface area (Å²) in [5, 5.41) is 5.62. The number of aldehydes is 1. The molecule has 160 valence electrons. The first-order chi connectivity index (χ1) is 16.1. The van der Waals surface area contributed by atoms with Crippen molar-refractivity contribution in [2.75, 3.05) is 0 Å². The maximum atomic E-state index is 13.8. The van der Waals surface area contributed by atoms with Crippen LogP contribution in [0.3, 0.4) is 0 Å². The number of carbonyl (C=O) groups excluding carboxylic acids is 1. The molecular formula is C25H15ClFN5O. The molecule has 0 bridgehead atoms. The lowest BCUT2D eigenvalue weighted by Gasteiger charge is -2.05. The first-order valence-corrected chi connectivity index (χ1v) is 10.6. The number of benzene rings is 3. The van der Waals surface area contributed by atoms with E-state index in [1.165, 1.54) is 6.07 Å². The van der Waals surface area contributed by atoms with Gasteiger partial charge in [0.15, 0.2) is 6.29 Å². The highest BCUT2D eigenvalue weighted by Crippen LogP contribution is 2.39. The van der Waals surface area contributed by atoms with E-state index in [1.54, 1.807) is 23.0 Å². The minimum absolute atomic E-state index is 0.0144. The van der Waals surface area contributed by atoms with Gasteiger partial charge in [0.25, 0.3) is 0 Å². The van der Waals surface area contributed by atoms with Gasteiger partial charge in [-0.15, -0.1) is 0 Å². The summed E-state index contributed by atoms with van der Waals surface area (Å²) >= 11 is 6.06. The highest BCUT2D eigenvalue weighted by atomic mass is 35.5. The quantitative estimate of drug-likeness (QED) is 0.312. The van der Waals surface area contributed by atoms with Crippen molar-refractivity contribution in [2.24, 2.45) is 0 Å². The maximum Gasteiger partial charge on any atom is 0.229 e. The van der Waals surface area contributed by atoms with Gasteiger partial charge in [-0.25, -0.2) is 14.1 Å². The molecule has 0 aliphatic carbocycles. The third-order valence-corrected chi connectivity index (χ3v) is 5.90. The number of imidazole rings is 1. The minimum Gasteiger partial charge on any atom is -0.354 e. The molecular weight excluding hydrogens is 441 g/mol. The van der Waals surface area contributed by atoms with Crippen LogP contribution in [-0.2, 0) is 0 Å². The Bertz CT molecular complexity index is 1650. The zero-order valence-corrected chi connectivity index (χ0v) is 17.8. The van der Waals surface area contributed by atoms with Crippen molar-refractivity contribution in [1.82, 2.24) is 24.7 Å². The van der Waals surface area contributed by atoms with Gasteiger partial charge in [0.05, 0.1) is 27.3 Å². The first-order valence-electron chi connectivity index (χ1n) is 10.2. The van der Waals surface area contributed by atoms with Gasteiger partial charge < -0.3 is 9.97 Å². The molecule has 2 N–H and O–H groups in total. The van der Waals surface area contributed by atoms with E-state index in [4.69, 9.17) is 16.7 Å². The van der Waals surface area contributed by atoms with Crippen molar-refractivity contribution in [3.8, 4) is 28.5 Å². The molecule has 6 rings (SSSR count). The number of carbonyl (C=O) groups is 1. The SMILES string of the molecule is O=Cc1cn(-c2nc3ccccc3[nH]2)nc1-c1c(-c2ccc(F)c(Cl)c2)[nH]c2ccccc12. The van der Waals surface area contributed by atoms with E-state index in [1.807, 2.05) is 48.5 Å². The summed E-state index contributed by atoms with van der Waals surface area (Å²) in [6.07, 6.45) is 2.41. The normalized spacial score (nSPS) is 11.5. The fourth-order valence-corrected chi connectivity index (χ4v) is 4.26. The molecule has 3 aromatic carbocycles. The number of nitrogens with zero attached hydrogens (tertiary/aromatic N) is 3. The van der Waals surface area contributed by atoms with Crippen LogP contribution in [0.2, 0.25) is 5.02 Å². The summed E-state index contributed by atoms with van der Waals surface area (Å²) in [6.45, 7) is 0. The van der Waals surface area contributed by atoms with Crippen LogP contribution in [0, 0.1) is 5.82 Å². The van der Waals surface area contributed by atoms with Crippen molar-refractivity contribution >= 4 is 39.8 Å². The minimum atomic E-state index is -0.499. The summed E-state index contributed by atoms with van der Waals surface area (Å²) < 4.78 is 15.4. The summed E-state index contributed by atoms with van der Waals surface area (Å²) in [6, 6.07) is 19.9. The van der Waals surface area contributed by atoms with Crippen LogP contribution in [0.15, 0.2) is 72.9 Å². The van der Waals surface area contributed by atoms with Gasteiger partial charge in [0.2, 0.25) is 5.95 Å². The Balaban J connectivity index is 1.60. The second-order valence-corrected chi connectivity index (χ2v) is 8.03. The van der Waals surface area contributed by atoms with Crippen molar-refractivity contribution in [2.45, 2.75) is 0 Å². The van der Waals surface area contributed by atoms with E-state index in [2.05, 4.69) is 15.0 Å². The van der Waals surface area contributed by atoms with E-state index in [9.17, 15) is 9.18 Å². The molecule has 0 aliphatic heterocycles. The van der Waals surface area contributed by atoms with Gasteiger partial charge in [-0.1, -0.05) is 41.9 Å². The van der Waals surface area contributed by atoms with Gasteiger partial charge in [0.1, 0.15) is 11.5 Å². The molecule has 33 heavy (non-hydrogen) atoms. The van der Waals surface area contributed by atoms with Crippen LogP contribution in [0.25, 0.3) is 50.4 Å². The summed E-state index contributed by atoms with van der Waals surface area (Å²) in [5.74, 6) is -0.00223. The molecule has 6 nitrogen and oxygen atoms in total. The van der Waals surface area contributed by atoms with Crippen LogP contribution in [0.4, 0.5) is 4.39 Å². The van der Waals surface area contributed by atoms with Crippen molar-refractivity contribution in [1.29, 1.82) is 0 Å². The Kier molecular flexibility index (Phi) is 4.38. The fourth-order valence-electron chi connectivity index (χ4n) is 4.08. The molecule has 0 saturated heterocycles. The molecule has 0 spiro atoms. The zero-order valence-electron chi connectivity index (χ0n) is 17.0. The molecule has 6 aromatic rings. The van der Waals surface area contributed by atoms with Crippen LogP contribution in [0.5, 0.6) is 0 Å². The number of aromatic nitrogens is 5. The second-order valence-electron chi connectivity index (χ2n) is 7.62. The standard InChI is InChI=1S/C25H15ClFN5O/c26-17-11-14(9-10-18(17)27)23-22(16-5-1-2-6-19(16)28-23)24-15(13-33)12-32(31-24)25-29-20-7-3-4-8-21(20)30-25/h1-13,28H,(H,29,30). The lowest BCUT2D eigenvalue weighted by atomic mass is 10.0. The predicted molar refractivity (Wildman–Crippen MR) is 126 cm³/mol. The Morgan fingerprint density at radius 2 is 1.76 bits per heavy atom. The number of nitrogens with one attached hydrogen (secondary N) is 2. The third kappa shape index (κ3) is 3.13. The van der Waals surface area contributed by atoms with Crippen molar-refractivity contribution in [3.63, 3.8) is 0 Å². The van der Waals surface area contributed by atoms with E-state index in [0.717, 1.165) is 33.8 Å².